The molecule has 98 valence electrons. The molecular weight excluding hydrogens is 269 g/mol. The van der Waals surface area contributed by atoms with Crippen molar-refractivity contribution in [3.63, 3.8) is 0 Å². The summed E-state index contributed by atoms with van der Waals surface area (Å²) in [5.74, 6) is -1.44. The molecule has 0 amide bonds. The van der Waals surface area contributed by atoms with Crippen LogP contribution in [0, 0.1) is 5.82 Å². The van der Waals surface area contributed by atoms with Gasteiger partial charge in [-0.25, -0.2) is 9.18 Å². The summed E-state index contributed by atoms with van der Waals surface area (Å²) in [5.41, 5.74) is 6.25. The highest BCUT2D eigenvalue weighted by molar-refractivity contribution is 6.30. The van der Waals surface area contributed by atoms with E-state index in [0.717, 1.165) is 11.6 Å². The molecule has 0 aromatic heterocycles. The summed E-state index contributed by atoms with van der Waals surface area (Å²) in [7, 11) is 0. The lowest BCUT2D eigenvalue weighted by Crippen LogP contribution is -2.08. The lowest BCUT2D eigenvalue weighted by Gasteiger charge is -2.06. The predicted molar refractivity (Wildman–Crippen MR) is 71.4 cm³/mol. The maximum Gasteiger partial charge on any atom is 0.341 e. The first-order valence-corrected chi connectivity index (χ1v) is 5.90. The normalized spacial score (nSPS) is 10.2. The van der Waals surface area contributed by atoms with E-state index in [4.69, 9.17) is 22.1 Å². The number of anilines is 1. The fourth-order valence-electron chi connectivity index (χ4n) is 1.55. The van der Waals surface area contributed by atoms with Crippen molar-refractivity contribution in [3.05, 3.63) is 64.4 Å². The van der Waals surface area contributed by atoms with Crippen LogP contribution in [0.4, 0.5) is 10.1 Å². The second-order valence-electron chi connectivity index (χ2n) is 3.95. The first-order chi connectivity index (χ1) is 9.06. The Hall–Kier alpha value is -2.07. The van der Waals surface area contributed by atoms with Crippen molar-refractivity contribution in [2.75, 3.05) is 5.73 Å². The van der Waals surface area contributed by atoms with Gasteiger partial charge in [-0.05, 0) is 35.9 Å². The number of nitrogens with two attached hydrogens (primary N) is 1. The lowest BCUT2D eigenvalue weighted by atomic mass is 10.2. The fraction of sp³-hybridized carbons (Fsp3) is 0.0714. The minimum absolute atomic E-state index is 0.0310. The molecule has 0 aliphatic carbocycles. The number of halogens is 2. The number of hydrogen-bond acceptors (Lipinski definition) is 3. The second-order valence-corrected chi connectivity index (χ2v) is 4.38. The number of carbonyl (C=O) groups excluding carboxylic acids is 1. The Labute approximate surface area is 114 Å². The second kappa shape index (κ2) is 5.71. The number of nitrogen functional groups attached to an aromatic ring is 1. The Morgan fingerprint density at radius 1 is 1.26 bits per heavy atom. The third-order valence-corrected chi connectivity index (χ3v) is 2.71. The average Bonchev–Trinajstić information content (AvgIpc) is 2.36. The van der Waals surface area contributed by atoms with E-state index < -0.39 is 11.8 Å². The van der Waals surface area contributed by atoms with Crippen molar-refractivity contribution in [3.8, 4) is 0 Å². The highest BCUT2D eigenvalue weighted by atomic mass is 35.5. The van der Waals surface area contributed by atoms with Gasteiger partial charge >= 0.3 is 5.97 Å². The molecule has 0 spiro atoms. The molecule has 3 nitrogen and oxygen atoms in total. The van der Waals surface area contributed by atoms with E-state index in [0.29, 0.717) is 5.02 Å². The smallest absolute Gasteiger partial charge is 0.341 e. The largest absolute Gasteiger partial charge is 0.457 e. The molecule has 0 atom stereocenters. The molecular formula is C14H11ClFNO2. The molecule has 2 N–H and O–H groups in total. The van der Waals surface area contributed by atoms with Crippen molar-refractivity contribution in [1.82, 2.24) is 0 Å². The van der Waals surface area contributed by atoms with Gasteiger partial charge in [0.05, 0.1) is 5.56 Å². The van der Waals surface area contributed by atoms with Gasteiger partial charge in [-0.3, -0.25) is 0 Å². The first kappa shape index (κ1) is 13.4. The van der Waals surface area contributed by atoms with E-state index >= 15 is 0 Å². The summed E-state index contributed by atoms with van der Waals surface area (Å²) in [6, 6.07) is 10.7. The summed E-state index contributed by atoms with van der Waals surface area (Å²) < 4.78 is 18.5. The Bertz CT molecular complexity index is 616. The third kappa shape index (κ3) is 3.45. The highest BCUT2D eigenvalue weighted by Gasteiger charge is 2.13. The summed E-state index contributed by atoms with van der Waals surface area (Å²) in [4.78, 5) is 11.7. The number of benzene rings is 2. The van der Waals surface area contributed by atoms with Gasteiger partial charge in [0.25, 0.3) is 0 Å². The van der Waals surface area contributed by atoms with Crippen LogP contribution in [0.25, 0.3) is 0 Å². The van der Waals surface area contributed by atoms with Gasteiger partial charge in [0.2, 0.25) is 0 Å². The standard InChI is InChI=1S/C14H11ClFNO2/c15-10-3-1-2-9(6-10)8-19-14(18)12-5-4-11(17)7-13(12)16/h1-7H,8,17H2. The average molecular weight is 280 g/mol. The minimum Gasteiger partial charge on any atom is -0.457 e. The fourth-order valence-corrected chi connectivity index (χ4v) is 1.76. The number of hydrogen-bond donors (Lipinski definition) is 1. The van der Waals surface area contributed by atoms with Crippen LogP contribution < -0.4 is 5.73 Å². The Morgan fingerprint density at radius 3 is 2.74 bits per heavy atom. The molecule has 0 radical (unpaired) electrons. The van der Waals surface area contributed by atoms with Gasteiger partial charge < -0.3 is 10.5 Å². The quantitative estimate of drug-likeness (QED) is 0.692. The van der Waals surface area contributed by atoms with Gasteiger partial charge in [0.1, 0.15) is 12.4 Å². The van der Waals surface area contributed by atoms with Gasteiger partial charge in [0, 0.05) is 10.7 Å². The van der Waals surface area contributed by atoms with Gasteiger partial charge in [-0.2, -0.15) is 0 Å². The molecule has 0 saturated carbocycles. The lowest BCUT2D eigenvalue weighted by molar-refractivity contribution is 0.0467. The Morgan fingerprint density at radius 2 is 2.05 bits per heavy atom. The van der Waals surface area contributed by atoms with Crippen molar-refractivity contribution in [1.29, 1.82) is 0 Å². The highest BCUT2D eigenvalue weighted by Crippen LogP contribution is 2.15. The zero-order valence-corrected chi connectivity index (χ0v) is 10.7. The number of rotatable bonds is 3. The topological polar surface area (TPSA) is 52.3 Å². The molecule has 2 aromatic carbocycles. The number of esters is 1. The molecule has 0 heterocycles. The predicted octanol–water partition coefficient (Wildman–Crippen LogP) is 3.42. The molecule has 0 aliphatic heterocycles. The summed E-state index contributed by atoms with van der Waals surface area (Å²) in [6.07, 6.45) is 0. The van der Waals surface area contributed by atoms with Crippen molar-refractivity contribution in [2.45, 2.75) is 6.61 Å². The summed E-state index contributed by atoms with van der Waals surface area (Å²) in [5, 5.41) is 0.548. The SMILES string of the molecule is Nc1ccc(C(=O)OCc2cccc(Cl)c2)c(F)c1. The van der Waals surface area contributed by atoms with Crippen LogP contribution >= 0.6 is 11.6 Å². The molecule has 19 heavy (non-hydrogen) atoms. The molecule has 0 saturated heterocycles. The molecule has 0 fully saturated rings. The van der Waals surface area contributed by atoms with Crippen molar-refractivity contribution in [2.24, 2.45) is 0 Å². The van der Waals surface area contributed by atoms with Gasteiger partial charge in [0.15, 0.2) is 0 Å². The van der Waals surface area contributed by atoms with E-state index in [-0.39, 0.29) is 17.9 Å². The summed E-state index contributed by atoms with van der Waals surface area (Å²) in [6.45, 7) is 0.0310. The van der Waals surface area contributed by atoms with Gasteiger partial charge in [-0.15, -0.1) is 0 Å². The molecule has 0 bridgehead atoms. The number of carbonyl (C=O) groups is 1. The third-order valence-electron chi connectivity index (χ3n) is 2.47. The van der Waals surface area contributed by atoms with Crippen LogP contribution in [-0.2, 0) is 11.3 Å². The number of ether oxygens (including phenoxy) is 1. The van der Waals surface area contributed by atoms with Crippen LogP contribution in [0.1, 0.15) is 15.9 Å². The maximum atomic E-state index is 13.5. The van der Waals surface area contributed by atoms with Crippen LogP contribution in [0.2, 0.25) is 5.02 Å². The maximum absolute atomic E-state index is 13.5. The van der Waals surface area contributed by atoms with E-state index in [1.54, 1.807) is 24.3 Å². The first-order valence-electron chi connectivity index (χ1n) is 5.53. The van der Waals surface area contributed by atoms with E-state index in [1.807, 2.05) is 0 Å². The monoisotopic (exact) mass is 279 g/mol. The zero-order chi connectivity index (χ0) is 13.8. The van der Waals surface area contributed by atoms with Crippen LogP contribution in [-0.4, -0.2) is 5.97 Å². The van der Waals surface area contributed by atoms with Crippen molar-refractivity contribution >= 4 is 23.3 Å². The van der Waals surface area contributed by atoms with E-state index in [2.05, 4.69) is 0 Å². The molecule has 0 unspecified atom stereocenters. The van der Waals surface area contributed by atoms with Crippen LogP contribution in [0.15, 0.2) is 42.5 Å². The van der Waals surface area contributed by atoms with Crippen LogP contribution in [0.3, 0.4) is 0 Å². The zero-order valence-electron chi connectivity index (χ0n) is 9.90. The van der Waals surface area contributed by atoms with E-state index in [1.165, 1.54) is 12.1 Å². The molecule has 0 aliphatic rings. The minimum atomic E-state index is -0.738. The van der Waals surface area contributed by atoms with E-state index in [9.17, 15) is 9.18 Å². The Balaban J connectivity index is 2.05. The summed E-state index contributed by atoms with van der Waals surface area (Å²) >= 11 is 5.81. The Kier molecular flexibility index (Phi) is 4.02. The molecule has 2 aromatic rings. The van der Waals surface area contributed by atoms with Gasteiger partial charge in [-0.1, -0.05) is 23.7 Å². The van der Waals surface area contributed by atoms with Crippen LogP contribution in [0.5, 0.6) is 0 Å². The van der Waals surface area contributed by atoms with Crippen molar-refractivity contribution < 1.29 is 13.9 Å². The molecule has 5 heteroatoms. The molecule has 2 rings (SSSR count).